The summed E-state index contributed by atoms with van der Waals surface area (Å²) in [5.74, 6) is 1.88. The van der Waals surface area contributed by atoms with Crippen molar-refractivity contribution in [3.63, 3.8) is 0 Å². The predicted molar refractivity (Wildman–Crippen MR) is 232 cm³/mol. The number of rotatable bonds is 13. The van der Waals surface area contributed by atoms with Crippen molar-refractivity contribution in [1.29, 1.82) is 0 Å². The Kier molecular flexibility index (Phi) is 12.5. The van der Waals surface area contributed by atoms with Gasteiger partial charge >= 0.3 is 0 Å². The Balaban J connectivity index is 0.991. The van der Waals surface area contributed by atoms with E-state index in [2.05, 4.69) is 44.2 Å². The minimum absolute atomic E-state index is 0.00239. The Morgan fingerprint density at radius 3 is 2.43 bits per heavy atom. The zero-order valence-corrected chi connectivity index (χ0v) is 36.9. The van der Waals surface area contributed by atoms with Gasteiger partial charge in [0.05, 0.1) is 41.1 Å². The van der Waals surface area contributed by atoms with Gasteiger partial charge in [-0.05, 0) is 74.6 Å². The maximum Gasteiger partial charge on any atom is 0.246 e. The number of hydrogen-bond acceptors (Lipinski definition) is 12. The van der Waals surface area contributed by atoms with E-state index >= 15 is 0 Å². The van der Waals surface area contributed by atoms with Gasteiger partial charge in [0.25, 0.3) is 0 Å². The largest absolute Gasteiger partial charge is 0.493 e. The highest BCUT2D eigenvalue weighted by molar-refractivity contribution is 7.15. The Bertz CT molecular complexity index is 2430. The molecule has 316 valence electrons. The Morgan fingerprint density at radius 2 is 1.73 bits per heavy atom. The Labute approximate surface area is 358 Å². The third kappa shape index (κ3) is 9.00. The predicted octanol–water partition coefficient (Wildman–Crippen LogP) is 6.01. The van der Waals surface area contributed by atoms with Crippen LogP contribution >= 0.6 is 22.7 Å². The minimum atomic E-state index is -0.894. The first kappa shape index (κ1) is 42.7. The van der Waals surface area contributed by atoms with E-state index in [0.717, 1.165) is 60.9 Å². The molecule has 2 aliphatic rings. The highest BCUT2D eigenvalue weighted by Crippen LogP contribution is 2.37. The summed E-state index contributed by atoms with van der Waals surface area (Å²) in [6.07, 6.45) is -0.172. The number of amides is 3. The summed E-state index contributed by atoms with van der Waals surface area (Å²) in [6, 6.07) is 12.1. The summed E-state index contributed by atoms with van der Waals surface area (Å²) in [7, 11) is 0. The number of fused-ring (bicyclic) bond motifs is 3. The highest BCUT2D eigenvalue weighted by Gasteiger charge is 2.44. The van der Waals surface area contributed by atoms with Gasteiger partial charge in [-0.1, -0.05) is 32.9 Å². The first-order chi connectivity index (χ1) is 28.6. The molecule has 7 rings (SSSR count). The first-order valence-electron chi connectivity index (χ1n) is 20.1. The number of benzene rings is 2. The van der Waals surface area contributed by atoms with Gasteiger partial charge < -0.3 is 30.1 Å². The van der Waals surface area contributed by atoms with Crippen LogP contribution in [0.4, 0.5) is 0 Å². The second kappa shape index (κ2) is 17.6. The first-order valence-corrected chi connectivity index (χ1v) is 21.8. The molecule has 60 heavy (non-hydrogen) atoms. The van der Waals surface area contributed by atoms with Gasteiger partial charge in [0.15, 0.2) is 5.82 Å². The maximum atomic E-state index is 13.7. The van der Waals surface area contributed by atoms with Crippen molar-refractivity contribution in [2.24, 2.45) is 10.4 Å². The Hall–Kier alpha value is -5.45. The highest BCUT2D eigenvalue weighted by atomic mass is 32.1. The molecule has 14 nitrogen and oxygen atoms in total. The quantitative estimate of drug-likeness (QED) is 0.120. The van der Waals surface area contributed by atoms with Crippen LogP contribution in [-0.2, 0) is 27.5 Å². The molecule has 2 aromatic carbocycles. The van der Waals surface area contributed by atoms with Crippen molar-refractivity contribution in [3.8, 4) is 26.9 Å². The van der Waals surface area contributed by atoms with Crippen LogP contribution in [0.25, 0.3) is 15.4 Å². The van der Waals surface area contributed by atoms with Crippen LogP contribution in [0.1, 0.15) is 85.0 Å². The van der Waals surface area contributed by atoms with Crippen molar-refractivity contribution in [1.82, 2.24) is 35.3 Å². The van der Waals surface area contributed by atoms with Crippen molar-refractivity contribution in [2.45, 2.75) is 99.5 Å². The molecular weight excluding hydrogens is 801 g/mol. The van der Waals surface area contributed by atoms with E-state index in [-0.39, 0.29) is 25.4 Å². The number of likely N-dealkylation sites (tertiary alicyclic amines) is 1. The number of thiazole rings is 1. The zero-order chi connectivity index (χ0) is 42.9. The monoisotopic (exact) mass is 852 g/mol. The molecule has 5 heterocycles. The molecule has 0 saturated carbocycles. The van der Waals surface area contributed by atoms with Gasteiger partial charge in [0.2, 0.25) is 17.7 Å². The van der Waals surface area contributed by atoms with Crippen molar-refractivity contribution >= 4 is 46.1 Å². The standard InChI is InChI=1S/C44H52N8O6S2/c1-24-26(3)60-43-37(24)38(45-21-36-50-49-27(4)52(36)43)29-12-14-33(15-13-29)57-16-9-17-58-35-18-30(39-25(2)47-23-59-39)10-11-31(35)20-46-41(55)34-19-32(54)22-51(34)42(56)40(44(6,7)8)48-28(5)53/h10-15,18,23,32,34,40,54H,9,16-17,19-22H2,1-8H3,(H,46,55)(H,48,53)/t32-,34+,40?/m1/s1. The lowest BCUT2D eigenvalue weighted by atomic mass is 9.85. The number of nitrogens with one attached hydrogen (secondary N) is 2. The summed E-state index contributed by atoms with van der Waals surface area (Å²) >= 11 is 3.28. The van der Waals surface area contributed by atoms with Crippen LogP contribution in [0, 0.1) is 33.1 Å². The molecule has 3 amide bonds. The fourth-order valence-corrected chi connectivity index (χ4v) is 9.63. The average molecular weight is 853 g/mol. The smallest absolute Gasteiger partial charge is 0.246 e. The molecule has 1 saturated heterocycles. The third-order valence-electron chi connectivity index (χ3n) is 10.9. The zero-order valence-electron chi connectivity index (χ0n) is 35.3. The van der Waals surface area contributed by atoms with Gasteiger partial charge in [-0.15, -0.1) is 32.9 Å². The van der Waals surface area contributed by atoms with Crippen LogP contribution in [-0.4, -0.2) is 91.1 Å². The maximum absolute atomic E-state index is 13.7. The number of aliphatic hydroxyl groups is 1. The van der Waals surface area contributed by atoms with E-state index < -0.39 is 35.4 Å². The number of hydrogen-bond donors (Lipinski definition) is 3. The molecular formula is C44H52N8O6S2. The fourth-order valence-electron chi connectivity index (χ4n) is 7.60. The summed E-state index contributed by atoms with van der Waals surface area (Å²) in [5.41, 5.74) is 8.06. The van der Waals surface area contributed by atoms with Crippen LogP contribution in [0.3, 0.4) is 0 Å². The van der Waals surface area contributed by atoms with Gasteiger partial charge in [0.1, 0.15) is 41.0 Å². The average Bonchev–Trinajstić information content (AvgIpc) is 3.96. The molecule has 2 aliphatic heterocycles. The minimum Gasteiger partial charge on any atom is -0.493 e. The van der Waals surface area contributed by atoms with Gasteiger partial charge in [-0.3, -0.25) is 23.9 Å². The normalized spacial score (nSPS) is 16.7. The number of aliphatic imine (C=N–C) groups is 1. The molecule has 0 spiro atoms. The fraction of sp³-hybridized carbons (Fsp3) is 0.432. The number of thiophene rings is 1. The second-order valence-corrected chi connectivity index (χ2v) is 18.5. The lowest BCUT2D eigenvalue weighted by Gasteiger charge is -2.35. The van der Waals surface area contributed by atoms with Gasteiger partial charge in [-0.2, -0.15) is 0 Å². The SMILES string of the molecule is CC(=O)NC(C(=O)N1C[C@H](O)C[C@H]1C(=O)NCc1ccc(-c2scnc2C)cc1OCCCOc1ccc(C2=NCc3nnc(C)n3-c3sc(C)c(C)c32)cc1)C(C)(C)C. The summed E-state index contributed by atoms with van der Waals surface area (Å²) in [4.78, 5) is 52.4. The third-order valence-corrected chi connectivity index (χ3v) is 13.0. The van der Waals surface area contributed by atoms with E-state index in [0.29, 0.717) is 31.9 Å². The van der Waals surface area contributed by atoms with Gasteiger partial charge in [0, 0.05) is 54.4 Å². The van der Waals surface area contributed by atoms with Crippen molar-refractivity contribution < 1.29 is 29.0 Å². The molecule has 1 unspecified atom stereocenters. The van der Waals surface area contributed by atoms with Gasteiger partial charge in [-0.25, -0.2) is 4.98 Å². The molecule has 3 N–H and O–H groups in total. The number of nitrogens with zero attached hydrogens (tertiary/aromatic N) is 6. The van der Waals surface area contributed by atoms with Crippen molar-refractivity contribution in [3.05, 3.63) is 92.4 Å². The molecule has 5 aromatic rings. The molecule has 0 radical (unpaired) electrons. The van der Waals surface area contributed by atoms with Crippen LogP contribution in [0.15, 0.2) is 53.0 Å². The van der Waals surface area contributed by atoms with E-state index in [9.17, 15) is 19.5 Å². The summed E-state index contributed by atoms with van der Waals surface area (Å²) in [5, 5.41) is 26.1. The molecule has 0 bridgehead atoms. The van der Waals surface area contributed by atoms with Crippen LogP contribution in [0.5, 0.6) is 11.5 Å². The topological polar surface area (TPSA) is 173 Å². The van der Waals surface area contributed by atoms with E-state index in [4.69, 9.17) is 14.5 Å². The number of β-amino-alcohol motifs (C(OH)–C–C–N with tert-alkyl or cyclic N) is 1. The number of aryl methyl sites for hydroxylation is 3. The summed E-state index contributed by atoms with van der Waals surface area (Å²) < 4.78 is 14.6. The van der Waals surface area contributed by atoms with Crippen molar-refractivity contribution in [2.75, 3.05) is 19.8 Å². The number of carbonyl (C=O) groups is 3. The van der Waals surface area contributed by atoms with E-state index in [1.165, 1.54) is 22.3 Å². The lowest BCUT2D eigenvalue weighted by molar-refractivity contribution is -0.143. The lowest BCUT2D eigenvalue weighted by Crippen LogP contribution is -2.57. The number of aromatic nitrogens is 4. The molecule has 1 fully saturated rings. The Morgan fingerprint density at radius 1 is 1.00 bits per heavy atom. The van der Waals surface area contributed by atoms with Crippen LogP contribution in [0.2, 0.25) is 0 Å². The van der Waals surface area contributed by atoms with E-state index in [1.54, 1.807) is 22.7 Å². The summed E-state index contributed by atoms with van der Waals surface area (Å²) in [6.45, 7) is 16.5. The molecule has 3 aromatic heterocycles. The number of carbonyl (C=O) groups excluding carboxylic acids is 3. The molecule has 0 aliphatic carbocycles. The number of aliphatic hydroxyl groups excluding tert-OH is 1. The number of ether oxygens (including phenoxy) is 2. The van der Waals surface area contributed by atoms with Crippen LogP contribution < -0.4 is 20.1 Å². The molecule has 16 heteroatoms. The van der Waals surface area contributed by atoms with E-state index in [1.807, 2.05) is 82.6 Å². The second-order valence-electron chi connectivity index (χ2n) is 16.4. The molecule has 3 atom stereocenters.